The van der Waals surface area contributed by atoms with E-state index in [9.17, 15) is 9.35 Å². The lowest BCUT2D eigenvalue weighted by Gasteiger charge is -2.46. The van der Waals surface area contributed by atoms with Gasteiger partial charge in [0.2, 0.25) is 0 Å². The number of hydrogen-bond donors (Lipinski definition) is 1. The molecule has 2 atom stereocenters. The van der Waals surface area contributed by atoms with Crippen LogP contribution in [0, 0.1) is 0 Å². The number of fused-ring (bicyclic) bond motifs is 1. The first-order chi connectivity index (χ1) is 12.7. The van der Waals surface area contributed by atoms with E-state index in [0.29, 0.717) is 19.7 Å². The van der Waals surface area contributed by atoms with E-state index in [4.69, 9.17) is 9.47 Å². The molecule has 1 saturated heterocycles. The molecule has 2 aliphatic rings. The highest BCUT2D eigenvalue weighted by atomic mass is 32.2. The Morgan fingerprint density at radius 3 is 2.67 bits per heavy atom. The number of carbonyl (C=O) groups excluding carboxylic acids is 1. The number of nitrogens with zero attached hydrogens (tertiary/aromatic N) is 1. The van der Waals surface area contributed by atoms with Crippen LogP contribution in [0.5, 0.6) is 5.75 Å². The average Bonchev–Trinajstić information content (AvgIpc) is 2.61. The van der Waals surface area contributed by atoms with Gasteiger partial charge in [0.05, 0.1) is 12.6 Å². The summed E-state index contributed by atoms with van der Waals surface area (Å²) in [4.78, 5) is 13.7. The molecule has 2 aliphatic heterocycles. The zero-order chi connectivity index (χ0) is 19.7. The minimum Gasteiger partial charge on any atom is -0.598 e. The van der Waals surface area contributed by atoms with Crippen molar-refractivity contribution in [2.75, 3.05) is 19.7 Å². The highest BCUT2D eigenvalue weighted by Crippen LogP contribution is 2.44. The van der Waals surface area contributed by atoms with Crippen molar-refractivity contribution in [1.82, 2.24) is 9.62 Å². The van der Waals surface area contributed by atoms with Crippen LogP contribution in [0.15, 0.2) is 24.3 Å². The number of para-hydroxylation sites is 1. The molecule has 150 valence electrons. The number of rotatable bonds is 3. The minimum absolute atomic E-state index is 0.0378. The first kappa shape index (κ1) is 20.3. The number of benzene rings is 1. The molecule has 1 amide bonds. The van der Waals surface area contributed by atoms with Crippen molar-refractivity contribution in [3.05, 3.63) is 29.8 Å². The van der Waals surface area contributed by atoms with Crippen molar-refractivity contribution < 1.29 is 18.8 Å². The highest BCUT2D eigenvalue weighted by molar-refractivity contribution is 7.90. The Kier molecular flexibility index (Phi) is 5.93. The van der Waals surface area contributed by atoms with Crippen LogP contribution in [0.4, 0.5) is 4.79 Å². The SMILES string of the molecule is CCOC(=O)N1CCC2(CC1)C[C@H](N[S@@+]([O-])C(C)(C)C)c1ccccc1O2. The summed E-state index contributed by atoms with van der Waals surface area (Å²) in [5.41, 5.74) is 0.699. The molecule has 1 aromatic carbocycles. The van der Waals surface area contributed by atoms with Crippen molar-refractivity contribution >= 4 is 17.5 Å². The van der Waals surface area contributed by atoms with Crippen LogP contribution in [0.3, 0.4) is 0 Å². The molecule has 1 aromatic rings. The van der Waals surface area contributed by atoms with Gasteiger partial charge < -0.3 is 18.9 Å². The van der Waals surface area contributed by atoms with Gasteiger partial charge in [0.15, 0.2) is 0 Å². The first-order valence-electron chi connectivity index (χ1n) is 9.62. The van der Waals surface area contributed by atoms with Gasteiger partial charge in [0.25, 0.3) is 0 Å². The molecule has 3 rings (SSSR count). The van der Waals surface area contributed by atoms with E-state index in [0.717, 1.165) is 30.6 Å². The number of piperidine rings is 1. The maximum Gasteiger partial charge on any atom is 0.409 e. The second kappa shape index (κ2) is 7.89. The van der Waals surface area contributed by atoms with Gasteiger partial charge in [0, 0.05) is 49.3 Å². The number of likely N-dealkylation sites (tertiary alicyclic amines) is 1. The Labute approximate surface area is 164 Å². The van der Waals surface area contributed by atoms with E-state index in [2.05, 4.69) is 4.72 Å². The van der Waals surface area contributed by atoms with Crippen molar-refractivity contribution in [2.45, 2.75) is 63.3 Å². The Bertz CT molecular complexity index is 668. The van der Waals surface area contributed by atoms with E-state index in [1.54, 1.807) is 4.90 Å². The van der Waals surface area contributed by atoms with Gasteiger partial charge in [0.1, 0.15) is 16.1 Å². The Hall–Kier alpha value is -1.44. The second-order valence-corrected chi connectivity index (χ2v) is 10.3. The monoisotopic (exact) mass is 394 g/mol. The van der Waals surface area contributed by atoms with Gasteiger partial charge in [-0.1, -0.05) is 18.2 Å². The number of hydrogen-bond acceptors (Lipinski definition) is 5. The molecular weight excluding hydrogens is 364 g/mol. The van der Waals surface area contributed by atoms with E-state index in [1.165, 1.54) is 0 Å². The summed E-state index contributed by atoms with van der Waals surface area (Å²) >= 11 is -1.17. The topological polar surface area (TPSA) is 73.9 Å². The van der Waals surface area contributed by atoms with E-state index in [1.807, 2.05) is 52.0 Å². The molecule has 1 fully saturated rings. The van der Waals surface area contributed by atoms with Gasteiger partial charge in [-0.3, -0.25) is 0 Å². The predicted molar refractivity (Wildman–Crippen MR) is 106 cm³/mol. The Morgan fingerprint density at radius 1 is 1.37 bits per heavy atom. The summed E-state index contributed by atoms with van der Waals surface area (Å²) in [7, 11) is 0. The standard InChI is InChI=1S/C20H30N2O4S/c1-5-25-18(23)22-12-10-20(11-13-22)14-16(21-27(24)19(2,3)4)15-8-6-7-9-17(15)26-20/h6-9,16,21H,5,10-14H2,1-4H3/t16-,27-/m0/s1. The van der Waals surface area contributed by atoms with Crippen LogP contribution in [-0.4, -0.2) is 45.6 Å². The molecule has 0 saturated carbocycles. The van der Waals surface area contributed by atoms with Crippen molar-refractivity contribution in [2.24, 2.45) is 0 Å². The van der Waals surface area contributed by atoms with E-state index < -0.39 is 11.4 Å². The van der Waals surface area contributed by atoms with Crippen molar-refractivity contribution in [3.8, 4) is 5.75 Å². The number of carbonyl (C=O) groups is 1. The summed E-state index contributed by atoms with van der Waals surface area (Å²) in [6.45, 7) is 9.32. The fourth-order valence-corrected chi connectivity index (χ4v) is 4.47. The molecule has 0 unspecified atom stereocenters. The highest BCUT2D eigenvalue weighted by Gasteiger charge is 2.46. The fourth-order valence-electron chi connectivity index (χ4n) is 3.65. The smallest absolute Gasteiger partial charge is 0.409 e. The molecule has 0 aliphatic carbocycles. The van der Waals surface area contributed by atoms with Crippen LogP contribution in [0.25, 0.3) is 0 Å². The van der Waals surface area contributed by atoms with Crippen LogP contribution in [-0.2, 0) is 16.1 Å². The summed E-state index contributed by atoms with van der Waals surface area (Å²) in [5.74, 6) is 0.844. The molecular formula is C20H30N2O4S. The van der Waals surface area contributed by atoms with Gasteiger partial charge in [-0.25, -0.2) is 4.79 Å². The zero-order valence-corrected chi connectivity index (χ0v) is 17.4. The van der Waals surface area contributed by atoms with Crippen LogP contribution >= 0.6 is 0 Å². The molecule has 7 heteroatoms. The third kappa shape index (κ3) is 4.52. The summed E-state index contributed by atoms with van der Waals surface area (Å²) < 4.78 is 27.3. The maximum atomic E-state index is 12.7. The lowest BCUT2D eigenvalue weighted by molar-refractivity contribution is -0.0220. The van der Waals surface area contributed by atoms with E-state index >= 15 is 0 Å². The summed E-state index contributed by atoms with van der Waals surface area (Å²) in [6, 6.07) is 7.92. The van der Waals surface area contributed by atoms with Crippen LogP contribution in [0.2, 0.25) is 0 Å². The van der Waals surface area contributed by atoms with Crippen LogP contribution in [0.1, 0.15) is 58.6 Å². The third-order valence-electron chi connectivity index (χ3n) is 5.20. The molecule has 6 nitrogen and oxygen atoms in total. The van der Waals surface area contributed by atoms with Gasteiger partial charge in [-0.15, -0.1) is 4.72 Å². The normalized spacial score (nSPS) is 22.7. The fraction of sp³-hybridized carbons (Fsp3) is 0.650. The average molecular weight is 395 g/mol. The molecule has 2 heterocycles. The Morgan fingerprint density at radius 2 is 2.04 bits per heavy atom. The van der Waals surface area contributed by atoms with Crippen molar-refractivity contribution in [3.63, 3.8) is 0 Å². The first-order valence-corrected chi connectivity index (χ1v) is 10.8. The molecule has 0 aromatic heterocycles. The minimum atomic E-state index is -1.17. The van der Waals surface area contributed by atoms with E-state index in [-0.39, 0.29) is 22.5 Å². The Balaban J connectivity index is 1.77. The predicted octanol–water partition coefficient (Wildman–Crippen LogP) is 3.55. The third-order valence-corrected chi connectivity index (χ3v) is 6.81. The summed E-state index contributed by atoms with van der Waals surface area (Å²) in [6.07, 6.45) is 1.95. The quantitative estimate of drug-likeness (QED) is 0.794. The van der Waals surface area contributed by atoms with Crippen LogP contribution < -0.4 is 9.46 Å². The maximum absolute atomic E-state index is 12.7. The van der Waals surface area contributed by atoms with Gasteiger partial charge in [-0.05, 0) is 33.8 Å². The molecule has 0 bridgehead atoms. The second-order valence-electron chi connectivity index (χ2n) is 8.26. The van der Waals surface area contributed by atoms with Crippen molar-refractivity contribution in [1.29, 1.82) is 0 Å². The number of nitrogens with one attached hydrogen (secondary N) is 1. The van der Waals surface area contributed by atoms with Gasteiger partial charge in [-0.2, -0.15) is 0 Å². The zero-order valence-electron chi connectivity index (χ0n) is 16.6. The molecule has 27 heavy (non-hydrogen) atoms. The largest absolute Gasteiger partial charge is 0.598 e. The molecule has 1 N–H and O–H groups in total. The lowest BCUT2D eigenvalue weighted by atomic mass is 9.81. The molecule has 0 radical (unpaired) electrons. The van der Waals surface area contributed by atoms with Gasteiger partial charge >= 0.3 is 6.09 Å². The number of amides is 1. The lowest BCUT2D eigenvalue weighted by Crippen LogP contribution is -2.54. The molecule has 1 spiro atoms. The number of ether oxygens (including phenoxy) is 2. The summed E-state index contributed by atoms with van der Waals surface area (Å²) in [5, 5.41) is 0.